The molecule has 2 atom stereocenters. The SMILES string of the molecule is COc1ccc(-c2csnc2-c2cc(OC)c(OC)c(OC)c2)cc1NC(=O)[C@H]([NH3+])C(C)O. The minimum atomic E-state index is -0.883. The van der Waals surface area contributed by atoms with E-state index in [-0.39, 0.29) is 0 Å². The van der Waals surface area contributed by atoms with E-state index >= 15 is 0 Å². The molecule has 1 aromatic heterocycles. The lowest BCUT2D eigenvalue weighted by Crippen LogP contribution is -2.70. The Balaban J connectivity index is 2.06. The molecule has 3 aromatic rings. The van der Waals surface area contributed by atoms with Crippen LogP contribution in [0.5, 0.6) is 23.0 Å². The van der Waals surface area contributed by atoms with Crippen LogP contribution in [0.3, 0.4) is 0 Å². The zero-order valence-corrected chi connectivity index (χ0v) is 20.0. The summed E-state index contributed by atoms with van der Waals surface area (Å²) in [6.45, 7) is 1.52. The highest BCUT2D eigenvalue weighted by molar-refractivity contribution is 7.04. The second-order valence-corrected chi connectivity index (χ2v) is 7.87. The van der Waals surface area contributed by atoms with Gasteiger partial charge in [0.15, 0.2) is 17.5 Å². The fraction of sp³-hybridized carbons (Fsp3) is 0.304. The maximum Gasteiger partial charge on any atom is 0.285 e. The molecule has 9 nitrogen and oxygen atoms in total. The van der Waals surface area contributed by atoms with Crippen LogP contribution in [0, 0.1) is 0 Å². The molecule has 5 N–H and O–H groups in total. The number of anilines is 1. The lowest BCUT2D eigenvalue weighted by atomic mass is 10.0. The van der Waals surface area contributed by atoms with Gasteiger partial charge in [0.2, 0.25) is 5.75 Å². The molecule has 0 aliphatic carbocycles. The molecule has 0 saturated heterocycles. The summed E-state index contributed by atoms with van der Waals surface area (Å²) >= 11 is 1.31. The summed E-state index contributed by atoms with van der Waals surface area (Å²) < 4.78 is 26.4. The molecule has 2 aromatic carbocycles. The predicted molar refractivity (Wildman–Crippen MR) is 126 cm³/mol. The normalized spacial score (nSPS) is 12.6. The topological polar surface area (TPSA) is 127 Å². The molecule has 0 aliphatic rings. The van der Waals surface area contributed by atoms with Gasteiger partial charge in [0, 0.05) is 16.5 Å². The molecule has 176 valence electrons. The van der Waals surface area contributed by atoms with Crippen LogP contribution >= 0.6 is 11.5 Å². The number of aliphatic hydroxyl groups excluding tert-OH is 1. The molecule has 0 aliphatic heterocycles. The maximum atomic E-state index is 12.5. The third-order valence-corrected chi connectivity index (χ3v) is 5.82. The van der Waals surface area contributed by atoms with Gasteiger partial charge in [-0.25, -0.2) is 0 Å². The number of aromatic nitrogens is 1. The van der Waals surface area contributed by atoms with E-state index < -0.39 is 18.1 Å². The average molecular weight is 475 g/mol. The highest BCUT2D eigenvalue weighted by Gasteiger charge is 2.24. The van der Waals surface area contributed by atoms with Crippen LogP contribution in [0.4, 0.5) is 5.69 Å². The number of ether oxygens (including phenoxy) is 4. The highest BCUT2D eigenvalue weighted by Crippen LogP contribution is 2.44. The van der Waals surface area contributed by atoms with Gasteiger partial charge in [-0.2, -0.15) is 4.37 Å². The van der Waals surface area contributed by atoms with E-state index in [2.05, 4.69) is 15.4 Å². The smallest absolute Gasteiger partial charge is 0.285 e. The summed E-state index contributed by atoms with van der Waals surface area (Å²) in [5, 5.41) is 14.4. The molecule has 0 fully saturated rings. The van der Waals surface area contributed by atoms with Crippen molar-refractivity contribution in [3.63, 3.8) is 0 Å². The molecule has 0 radical (unpaired) electrons. The predicted octanol–water partition coefficient (Wildman–Crippen LogP) is 2.44. The van der Waals surface area contributed by atoms with Gasteiger partial charge < -0.3 is 35.1 Å². The summed E-state index contributed by atoms with van der Waals surface area (Å²) in [4.78, 5) is 12.5. The number of benzene rings is 2. The summed E-state index contributed by atoms with van der Waals surface area (Å²) in [7, 11) is 6.19. The van der Waals surface area contributed by atoms with E-state index in [9.17, 15) is 9.90 Å². The van der Waals surface area contributed by atoms with Crippen molar-refractivity contribution in [2.45, 2.75) is 19.1 Å². The fourth-order valence-electron chi connectivity index (χ4n) is 3.29. The lowest BCUT2D eigenvalue weighted by molar-refractivity contribution is -0.418. The molecule has 0 bridgehead atoms. The maximum absolute atomic E-state index is 12.5. The van der Waals surface area contributed by atoms with Crippen molar-refractivity contribution in [1.29, 1.82) is 0 Å². The van der Waals surface area contributed by atoms with E-state index in [0.717, 1.165) is 22.4 Å². The molecule has 1 heterocycles. The van der Waals surface area contributed by atoms with E-state index in [1.54, 1.807) is 33.5 Å². The largest absolute Gasteiger partial charge is 0.495 e. The highest BCUT2D eigenvalue weighted by atomic mass is 32.1. The zero-order valence-electron chi connectivity index (χ0n) is 19.2. The number of amides is 1. The molecular weight excluding hydrogens is 446 g/mol. The van der Waals surface area contributed by atoms with Crippen LogP contribution in [0.1, 0.15) is 6.92 Å². The minimum Gasteiger partial charge on any atom is -0.495 e. The number of nitrogens with zero attached hydrogens (tertiary/aromatic N) is 1. The van der Waals surface area contributed by atoms with Crippen LogP contribution in [0.25, 0.3) is 22.4 Å². The number of carbonyl (C=O) groups excluding carboxylic acids is 1. The summed E-state index contributed by atoms with van der Waals surface area (Å²) in [6.07, 6.45) is -0.883. The number of methoxy groups -OCH3 is 4. The van der Waals surface area contributed by atoms with Gasteiger partial charge in [-0.1, -0.05) is 6.07 Å². The number of quaternary nitrogens is 1. The molecule has 0 saturated carbocycles. The first-order valence-electron chi connectivity index (χ1n) is 10.1. The first kappa shape index (κ1) is 24.3. The van der Waals surface area contributed by atoms with Gasteiger partial charge in [0.1, 0.15) is 11.9 Å². The van der Waals surface area contributed by atoms with Crippen LogP contribution < -0.4 is 30.0 Å². The fourth-order valence-corrected chi connectivity index (χ4v) is 4.00. The number of hydrogen-bond donors (Lipinski definition) is 3. The monoisotopic (exact) mass is 474 g/mol. The van der Waals surface area contributed by atoms with Crippen molar-refractivity contribution in [2.24, 2.45) is 0 Å². The van der Waals surface area contributed by atoms with Gasteiger partial charge in [0.05, 0.1) is 39.8 Å². The van der Waals surface area contributed by atoms with Crippen molar-refractivity contribution in [3.05, 3.63) is 35.7 Å². The van der Waals surface area contributed by atoms with Crippen molar-refractivity contribution < 1.29 is 34.6 Å². The third-order valence-electron chi connectivity index (χ3n) is 5.20. The summed E-state index contributed by atoms with van der Waals surface area (Å²) in [5.41, 5.74) is 7.37. The third kappa shape index (κ3) is 5.03. The molecule has 33 heavy (non-hydrogen) atoms. The van der Waals surface area contributed by atoms with Crippen molar-refractivity contribution in [2.75, 3.05) is 33.8 Å². The number of aliphatic hydroxyl groups is 1. The van der Waals surface area contributed by atoms with Crippen molar-refractivity contribution in [3.8, 4) is 45.4 Å². The molecule has 0 spiro atoms. The average Bonchev–Trinajstić information content (AvgIpc) is 3.32. The quantitative estimate of drug-likeness (QED) is 0.435. The number of rotatable bonds is 9. The van der Waals surface area contributed by atoms with Crippen LogP contribution in [0.15, 0.2) is 35.7 Å². The second kappa shape index (κ2) is 10.5. The Labute approximate surface area is 196 Å². The Hall–Kier alpha value is -3.34. The van der Waals surface area contributed by atoms with Crippen LogP contribution in [-0.2, 0) is 4.79 Å². The van der Waals surface area contributed by atoms with Gasteiger partial charge >= 0.3 is 0 Å². The standard InChI is InChI=1S/C23H27N3O6S/c1-12(27)20(24)23(28)25-16-8-13(6-7-17(16)29-2)15-11-33-26-21(15)14-9-18(30-3)22(32-5)19(10-14)31-4/h6-12,20,27H,24H2,1-5H3,(H,25,28)/p+1/t12?,20-/m1/s1. The van der Waals surface area contributed by atoms with Crippen molar-refractivity contribution >= 4 is 23.1 Å². The zero-order chi connectivity index (χ0) is 24.1. The van der Waals surface area contributed by atoms with Gasteiger partial charge in [-0.15, -0.1) is 0 Å². The number of nitrogens with one attached hydrogen (secondary N) is 1. The first-order valence-corrected chi connectivity index (χ1v) is 10.9. The molecule has 10 heteroatoms. The van der Waals surface area contributed by atoms with E-state index in [1.807, 2.05) is 23.6 Å². The van der Waals surface area contributed by atoms with Gasteiger partial charge in [-0.05, 0) is 48.3 Å². The summed E-state index contributed by atoms with van der Waals surface area (Å²) in [5.74, 6) is 1.62. The number of hydrogen-bond acceptors (Lipinski definition) is 8. The Morgan fingerprint density at radius 3 is 2.18 bits per heavy atom. The lowest BCUT2D eigenvalue weighted by Gasteiger charge is -2.16. The van der Waals surface area contributed by atoms with Crippen LogP contribution in [0.2, 0.25) is 0 Å². The minimum absolute atomic E-state index is 0.409. The van der Waals surface area contributed by atoms with Gasteiger partial charge in [0.25, 0.3) is 5.91 Å². The van der Waals surface area contributed by atoms with Crippen LogP contribution in [-0.4, -0.2) is 56.0 Å². The van der Waals surface area contributed by atoms with Crippen molar-refractivity contribution in [1.82, 2.24) is 4.37 Å². The first-order chi connectivity index (χ1) is 15.8. The Morgan fingerprint density at radius 1 is 1.00 bits per heavy atom. The molecule has 1 amide bonds. The van der Waals surface area contributed by atoms with E-state index in [0.29, 0.717) is 28.7 Å². The Morgan fingerprint density at radius 2 is 1.64 bits per heavy atom. The molecule has 1 unspecified atom stereocenters. The second-order valence-electron chi connectivity index (χ2n) is 7.24. The Bertz CT molecular complexity index is 1110. The Kier molecular flexibility index (Phi) is 7.75. The summed E-state index contributed by atoms with van der Waals surface area (Å²) in [6, 6.07) is 8.30. The van der Waals surface area contributed by atoms with Gasteiger partial charge in [-0.3, -0.25) is 4.79 Å². The van der Waals surface area contributed by atoms with E-state index in [4.69, 9.17) is 18.9 Å². The number of carbonyl (C=O) groups is 1. The molecular formula is C23H28N3O6S+. The molecule has 3 rings (SSSR count). The van der Waals surface area contributed by atoms with E-state index in [1.165, 1.54) is 25.6 Å².